The summed E-state index contributed by atoms with van der Waals surface area (Å²) in [7, 11) is 0. The van der Waals surface area contributed by atoms with Crippen LogP contribution in [0.3, 0.4) is 0 Å². The molecule has 0 aliphatic carbocycles. The molecule has 0 aromatic heterocycles. The molecule has 2 unspecified atom stereocenters. The minimum Gasteiger partial charge on any atom is -0.399 e. The Morgan fingerprint density at radius 3 is 2.38 bits per heavy atom. The van der Waals surface area contributed by atoms with Crippen LogP contribution in [0.4, 0.5) is 5.69 Å². The lowest BCUT2D eigenvalue weighted by atomic mass is 9.97. The number of hydrogen-bond donors (Lipinski definition) is 3. The van der Waals surface area contributed by atoms with Gasteiger partial charge in [-0.05, 0) is 37.0 Å². The van der Waals surface area contributed by atoms with Gasteiger partial charge in [-0.1, -0.05) is 26.0 Å². The number of anilines is 1. The number of rotatable bonds is 7. The SMILES string of the molecule is CCCNC(=O)C(C)NC(=O)CC(C)c1ccc(N)cc1. The predicted octanol–water partition coefficient (Wildman–Crippen LogP) is 1.79. The van der Waals surface area contributed by atoms with Crippen molar-refractivity contribution in [3.8, 4) is 0 Å². The van der Waals surface area contributed by atoms with Gasteiger partial charge in [-0.15, -0.1) is 0 Å². The minimum atomic E-state index is -0.511. The van der Waals surface area contributed by atoms with Gasteiger partial charge in [0.1, 0.15) is 6.04 Å². The molecule has 5 heteroatoms. The van der Waals surface area contributed by atoms with E-state index in [1.165, 1.54) is 0 Å². The van der Waals surface area contributed by atoms with Crippen LogP contribution in [0, 0.1) is 0 Å². The molecular weight excluding hydrogens is 266 g/mol. The van der Waals surface area contributed by atoms with E-state index in [2.05, 4.69) is 10.6 Å². The zero-order valence-electron chi connectivity index (χ0n) is 13.0. The van der Waals surface area contributed by atoms with Crippen molar-refractivity contribution in [3.05, 3.63) is 29.8 Å². The maximum atomic E-state index is 12.0. The van der Waals surface area contributed by atoms with Crippen molar-refractivity contribution < 1.29 is 9.59 Å². The minimum absolute atomic E-state index is 0.0801. The number of amides is 2. The van der Waals surface area contributed by atoms with Crippen molar-refractivity contribution in [2.75, 3.05) is 12.3 Å². The van der Waals surface area contributed by atoms with E-state index in [1.54, 1.807) is 6.92 Å². The lowest BCUT2D eigenvalue weighted by Gasteiger charge is -2.16. The Bertz CT molecular complexity index is 471. The van der Waals surface area contributed by atoms with Crippen molar-refractivity contribution in [3.63, 3.8) is 0 Å². The highest BCUT2D eigenvalue weighted by Gasteiger charge is 2.17. The van der Waals surface area contributed by atoms with Gasteiger partial charge in [0.05, 0.1) is 0 Å². The highest BCUT2D eigenvalue weighted by Crippen LogP contribution is 2.19. The third-order valence-electron chi connectivity index (χ3n) is 3.32. The third kappa shape index (κ3) is 5.85. The fourth-order valence-electron chi connectivity index (χ4n) is 1.99. The summed E-state index contributed by atoms with van der Waals surface area (Å²) in [5.74, 6) is -0.194. The molecule has 2 atom stereocenters. The third-order valence-corrected chi connectivity index (χ3v) is 3.32. The van der Waals surface area contributed by atoms with Crippen LogP contribution >= 0.6 is 0 Å². The smallest absolute Gasteiger partial charge is 0.242 e. The number of carbonyl (C=O) groups is 2. The summed E-state index contributed by atoms with van der Waals surface area (Å²) in [6.45, 7) is 6.28. The van der Waals surface area contributed by atoms with Crippen LogP contribution in [-0.2, 0) is 9.59 Å². The number of nitrogen functional groups attached to an aromatic ring is 1. The number of nitrogens with two attached hydrogens (primary N) is 1. The molecule has 0 aliphatic heterocycles. The Labute approximate surface area is 126 Å². The Morgan fingerprint density at radius 1 is 1.19 bits per heavy atom. The second-order valence-electron chi connectivity index (χ2n) is 5.35. The van der Waals surface area contributed by atoms with E-state index in [0.717, 1.165) is 12.0 Å². The standard InChI is InChI=1S/C16H25N3O2/c1-4-9-18-16(21)12(3)19-15(20)10-11(2)13-5-7-14(17)8-6-13/h5-8,11-12H,4,9-10,17H2,1-3H3,(H,18,21)(H,19,20). The highest BCUT2D eigenvalue weighted by molar-refractivity contribution is 5.87. The summed E-state index contributed by atoms with van der Waals surface area (Å²) in [6, 6.07) is 6.98. The number of carbonyl (C=O) groups excluding carboxylic acids is 2. The van der Waals surface area contributed by atoms with Gasteiger partial charge < -0.3 is 16.4 Å². The fraction of sp³-hybridized carbons (Fsp3) is 0.500. The molecule has 4 N–H and O–H groups in total. The monoisotopic (exact) mass is 291 g/mol. The maximum Gasteiger partial charge on any atom is 0.242 e. The molecule has 0 bridgehead atoms. The average Bonchev–Trinajstić information content (AvgIpc) is 2.45. The second-order valence-corrected chi connectivity index (χ2v) is 5.35. The number of hydrogen-bond acceptors (Lipinski definition) is 3. The summed E-state index contributed by atoms with van der Waals surface area (Å²) in [4.78, 5) is 23.7. The first-order valence-corrected chi connectivity index (χ1v) is 7.36. The number of nitrogens with one attached hydrogen (secondary N) is 2. The van der Waals surface area contributed by atoms with E-state index in [4.69, 9.17) is 5.73 Å². The molecule has 21 heavy (non-hydrogen) atoms. The molecule has 1 aromatic carbocycles. The van der Waals surface area contributed by atoms with Crippen LogP contribution in [0.5, 0.6) is 0 Å². The van der Waals surface area contributed by atoms with Crippen LogP contribution in [0.25, 0.3) is 0 Å². The predicted molar refractivity (Wildman–Crippen MR) is 84.8 cm³/mol. The van der Waals surface area contributed by atoms with Crippen LogP contribution in [0.1, 0.15) is 45.1 Å². The zero-order chi connectivity index (χ0) is 15.8. The molecule has 0 radical (unpaired) electrons. The summed E-state index contributed by atoms with van der Waals surface area (Å²) >= 11 is 0. The van der Waals surface area contributed by atoms with Crippen LogP contribution in [-0.4, -0.2) is 24.4 Å². The normalized spacial score (nSPS) is 13.3. The topological polar surface area (TPSA) is 84.2 Å². The lowest BCUT2D eigenvalue weighted by molar-refractivity contribution is -0.128. The maximum absolute atomic E-state index is 12.0. The van der Waals surface area contributed by atoms with E-state index >= 15 is 0 Å². The first-order valence-electron chi connectivity index (χ1n) is 7.36. The molecule has 2 amide bonds. The molecule has 0 aliphatic rings. The van der Waals surface area contributed by atoms with Gasteiger partial charge in [0.2, 0.25) is 11.8 Å². The molecule has 0 fully saturated rings. The van der Waals surface area contributed by atoms with Gasteiger partial charge in [0.25, 0.3) is 0 Å². The quantitative estimate of drug-likeness (QED) is 0.670. The van der Waals surface area contributed by atoms with Crippen LogP contribution < -0.4 is 16.4 Å². The van der Waals surface area contributed by atoms with E-state index in [1.807, 2.05) is 38.1 Å². The fourth-order valence-corrected chi connectivity index (χ4v) is 1.99. The van der Waals surface area contributed by atoms with Gasteiger partial charge >= 0.3 is 0 Å². The molecule has 0 saturated heterocycles. The molecule has 0 spiro atoms. The van der Waals surface area contributed by atoms with E-state index in [-0.39, 0.29) is 17.7 Å². The summed E-state index contributed by atoms with van der Waals surface area (Å²) in [5, 5.41) is 5.49. The Balaban J connectivity index is 2.45. The highest BCUT2D eigenvalue weighted by atomic mass is 16.2. The van der Waals surface area contributed by atoms with Crippen molar-refractivity contribution >= 4 is 17.5 Å². The molecular formula is C16H25N3O2. The van der Waals surface area contributed by atoms with Crippen molar-refractivity contribution in [2.24, 2.45) is 0 Å². The van der Waals surface area contributed by atoms with Crippen molar-refractivity contribution in [2.45, 2.75) is 45.6 Å². The molecule has 0 saturated carbocycles. The zero-order valence-corrected chi connectivity index (χ0v) is 13.0. The van der Waals surface area contributed by atoms with Gasteiger partial charge in [-0.25, -0.2) is 0 Å². The van der Waals surface area contributed by atoms with Gasteiger partial charge in [-0.2, -0.15) is 0 Å². The van der Waals surface area contributed by atoms with E-state index in [0.29, 0.717) is 18.7 Å². The molecule has 1 rings (SSSR count). The van der Waals surface area contributed by atoms with Gasteiger partial charge in [-0.3, -0.25) is 9.59 Å². The molecule has 0 heterocycles. The first kappa shape index (κ1) is 17.0. The van der Waals surface area contributed by atoms with Crippen LogP contribution in [0.2, 0.25) is 0 Å². The first-order chi connectivity index (χ1) is 9.93. The lowest BCUT2D eigenvalue weighted by Crippen LogP contribution is -2.45. The Kier molecular flexibility index (Phi) is 6.72. The van der Waals surface area contributed by atoms with Crippen molar-refractivity contribution in [1.82, 2.24) is 10.6 Å². The second kappa shape index (κ2) is 8.29. The van der Waals surface area contributed by atoms with E-state index in [9.17, 15) is 9.59 Å². The Hall–Kier alpha value is -2.04. The van der Waals surface area contributed by atoms with Gasteiger partial charge in [0.15, 0.2) is 0 Å². The largest absolute Gasteiger partial charge is 0.399 e. The Morgan fingerprint density at radius 2 is 1.81 bits per heavy atom. The summed E-state index contributed by atoms with van der Waals surface area (Å²) < 4.78 is 0. The summed E-state index contributed by atoms with van der Waals surface area (Å²) in [6.07, 6.45) is 1.22. The molecule has 116 valence electrons. The molecule has 1 aromatic rings. The summed E-state index contributed by atoms with van der Waals surface area (Å²) in [5.41, 5.74) is 7.41. The van der Waals surface area contributed by atoms with E-state index < -0.39 is 6.04 Å². The molecule has 5 nitrogen and oxygen atoms in total. The average molecular weight is 291 g/mol. The van der Waals surface area contributed by atoms with Crippen molar-refractivity contribution in [1.29, 1.82) is 0 Å². The van der Waals surface area contributed by atoms with Gasteiger partial charge in [0, 0.05) is 18.7 Å². The van der Waals surface area contributed by atoms with Crippen LogP contribution in [0.15, 0.2) is 24.3 Å². The number of benzene rings is 1.